The van der Waals surface area contributed by atoms with Crippen LogP contribution in [0.3, 0.4) is 0 Å². The smallest absolute Gasteiger partial charge is 0.211 e. The lowest BCUT2D eigenvalue weighted by atomic mass is 10.1. The number of aromatic amines is 1. The molecule has 3 rings (SSSR count). The van der Waals surface area contributed by atoms with Gasteiger partial charge in [-0.25, -0.2) is 17.7 Å². The summed E-state index contributed by atoms with van der Waals surface area (Å²) in [7, 11) is -1.14. The number of nitrogens with zero attached hydrogens (tertiary/aromatic N) is 4. The summed E-state index contributed by atoms with van der Waals surface area (Å²) in [6.07, 6.45) is 3.96. The van der Waals surface area contributed by atoms with Crippen LogP contribution in [0.1, 0.15) is 19.2 Å². The molecule has 1 unspecified atom stereocenters. The Labute approximate surface area is 173 Å². The molecule has 0 spiro atoms. The molecule has 0 bridgehead atoms. The average Bonchev–Trinajstić information content (AvgIpc) is 3.35. The molecule has 2 heterocycles. The van der Waals surface area contributed by atoms with Crippen LogP contribution in [0.4, 0.5) is 0 Å². The first kappa shape index (κ1) is 21.3. The highest BCUT2D eigenvalue weighted by Crippen LogP contribution is 2.19. The summed E-state index contributed by atoms with van der Waals surface area (Å²) in [4.78, 5) is 14.6. The third kappa shape index (κ3) is 5.80. The lowest BCUT2D eigenvalue weighted by Gasteiger charge is -2.21. The Kier molecular flexibility index (Phi) is 6.92. The topological polar surface area (TPSA) is 93.7 Å². The van der Waals surface area contributed by atoms with Gasteiger partial charge in [0.25, 0.3) is 0 Å². The second-order valence-electron chi connectivity index (χ2n) is 7.44. The Morgan fingerprint density at radius 3 is 2.79 bits per heavy atom. The number of benzene rings is 1. The monoisotopic (exact) mass is 418 g/mol. The van der Waals surface area contributed by atoms with Crippen molar-refractivity contribution in [2.24, 2.45) is 10.9 Å². The van der Waals surface area contributed by atoms with Crippen molar-refractivity contribution in [2.75, 3.05) is 39.5 Å². The molecule has 0 radical (unpaired) electrons. The maximum atomic E-state index is 11.7. The van der Waals surface area contributed by atoms with Crippen molar-refractivity contribution in [2.45, 2.75) is 19.9 Å². The van der Waals surface area contributed by atoms with E-state index >= 15 is 0 Å². The van der Waals surface area contributed by atoms with E-state index < -0.39 is 10.0 Å². The van der Waals surface area contributed by atoms with Crippen LogP contribution >= 0.6 is 0 Å². The standard InChI is InChI=1S/C20H30N6O2S/c1-4-21-20(23-12-16-10-11-26(14-16)29(3,27)28)25(2)15-19-22-13-18(24-19)17-8-6-5-7-9-17/h5-9,13,16H,4,10-12,14-15H2,1-3H3,(H,21,23)(H,22,24). The lowest BCUT2D eigenvalue weighted by Crippen LogP contribution is -2.39. The van der Waals surface area contributed by atoms with Crippen LogP contribution < -0.4 is 5.32 Å². The van der Waals surface area contributed by atoms with Gasteiger partial charge in [-0.15, -0.1) is 0 Å². The minimum Gasteiger partial charge on any atom is -0.357 e. The predicted octanol–water partition coefficient (Wildman–Crippen LogP) is 1.76. The van der Waals surface area contributed by atoms with Crippen molar-refractivity contribution in [3.8, 4) is 11.3 Å². The first-order valence-electron chi connectivity index (χ1n) is 9.90. The van der Waals surface area contributed by atoms with Crippen LogP contribution in [0, 0.1) is 5.92 Å². The van der Waals surface area contributed by atoms with E-state index in [-0.39, 0.29) is 5.92 Å². The zero-order chi connectivity index (χ0) is 20.9. The third-order valence-corrected chi connectivity index (χ3v) is 6.28. The summed E-state index contributed by atoms with van der Waals surface area (Å²) in [6.45, 7) is 5.12. The number of H-pyrrole nitrogens is 1. The summed E-state index contributed by atoms with van der Waals surface area (Å²) < 4.78 is 24.9. The molecule has 8 nitrogen and oxygen atoms in total. The molecule has 29 heavy (non-hydrogen) atoms. The lowest BCUT2D eigenvalue weighted by molar-refractivity contribution is 0.451. The Morgan fingerprint density at radius 1 is 1.38 bits per heavy atom. The number of nitrogens with one attached hydrogen (secondary N) is 2. The molecule has 1 fully saturated rings. The van der Waals surface area contributed by atoms with E-state index in [2.05, 4.69) is 15.3 Å². The molecule has 0 amide bonds. The molecule has 158 valence electrons. The van der Waals surface area contributed by atoms with Gasteiger partial charge in [0.2, 0.25) is 10.0 Å². The number of sulfonamides is 1. The first-order chi connectivity index (χ1) is 13.9. The normalized spacial score (nSPS) is 18.2. The van der Waals surface area contributed by atoms with Crippen LogP contribution in [0.25, 0.3) is 11.3 Å². The molecule has 1 aromatic heterocycles. The van der Waals surface area contributed by atoms with Crippen LogP contribution in [-0.4, -0.2) is 73.0 Å². The zero-order valence-electron chi connectivity index (χ0n) is 17.3. The minimum atomic E-state index is -3.12. The summed E-state index contributed by atoms with van der Waals surface area (Å²) in [6, 6.07) is 10.1. The molecule has 1 aliphatic heterocycles. The maximum absolute atomic E-state index is 11.7. The van der Waals surface area contributed by atoms with Crippen molar-refractivity contribution in [3.05, 3.63) is 42.4 Å². The molecule has 1 aliphatic rings. The van der Waals surface area contributed by atoms with Crippen LogP contribution in [0.2, 0.25) is 0 Å². The SMILES string of the molecule is CCNC(=NCC1CCN(S(C)(=O)=O)C1)N(C)Cc1ncc(-c2ccccc2)[nH]1. The molecule has 0 saturated carbocycles. The molecule has 2 N–H and O–H groups in total. The van der Waals surface area contributed by atoms with Crippen LogP contribution in [0.5, 0.6) is 0 Å². The quantitative estimate of drug-likeness (QED) is 0.528. The van der Waals surface area contributed by atoms with Gasteiger partial charge in [-0.05, 0) is 24.8 Å². The molecular formula is C20H30N6O2S. The van der Waals surface area contributed by atoms with E-state index in [1.54, 1.807) is 0 Å². The fourth-order valence-corrected chi connectivity index (χ4v) is 4.36. The van der Waals surface area contributed by atoms with Crippen LogP contribution in [0.15, 0.2) is 41.5 Å². The van der Waals surface area contributed by atoms with E-state index in [1.165, 1.54) is 10.6 Å². The molecule has 1 saturated heterocycles. The summed E-state index contributed by atoms with van der Waals surface area (Å²) >= 11 is 0. The van der Waals surface area contributed by atoms with E-state index in [9.17, 15) is 8.42 Å². The minimum absolute atomic E-state index is 0.250. The number of hydrogen-bond acceptors (Lipinski definition) is 4. The highest BCUT2D eigenvalue weighted by Gasteiger charge is 2.28. The van der Waals surface area contributed by atoms with Crippen LogP contribution in [-0.2, 0) is 16.6 Å². The van der Waals surface area contributed by atoms with Gasteiger partial charge in [-0.2, -0.15) is 0 Å². The van der Waals surface area contributed by atoms with Crippen molar-refractivity contribution < 1.29 is 8.42 Å². The van der Waals surface area contributed by atoms with Gasteiger partial charge in [0.1, 0.15) is 5.82 Å². The van der Waals surface area contributed by atoms with Gasteiger partial charge < -0.3 is 15.2 Å². The molecule has 2 aromatic rings. The predicted molar refractivity (Wildman–Crippen MR) is 116 cm³/mol. The molecule has 1 atom stereocenters. The summed E-state index contributed by atoms with van der Waals surface area (Å²) in [5.41, 5.74) is 2.09. The molecule has 9 heteroatoms. The number of hydrogen-bond donors (Lipinski definition) is 2. The fraction of sp³-hybridized carbons (Fsp3) is 0.500. The van der Waals surface area contributed by atoms with Crippen molar-refractivity contribution in [1.29, 1.82) is 0 Å². The Morgan fingerprint density at radius 2 is 2.14 bits per heavy atom. The number of imidazole rings is 1. The molecule has 1 aromatic carbocycles. The molecule has 0 aliphatic carbocycles. The largest absolute Gasteiger partial charge is 0.357 e. The maximum Gasteiger partial charge on any atom is 0.211 e. The van der Waals surface area contributed by atoms with E-state index in [0.29, 0.717) is 26.2 Å². The second-order valence-corrected chi connectivity index (χ2v) is 9.42. The van der Waals surface area contributed by atoms with Gasteiger partial charge in [0.05, 0.1) is 24.7 Å². The van der Waals surface area contributed by atoms with Gasteiger partial charge in [-0.1, -0.05) is 30.3 Å². The van der Waals surface area contributed by atoms with E-state index in [0.717, 1.165) is 36.0 Å². The van der Waals surface area contributed by atoms with Crippen molar-refractivity contribution in [1.82, 2.24) is 24.5 Å². The number of aliphatic imine (C=N–C) groups is 1. The highest BCUT2D eigenvalue weighted by atomic mass is 32.2. The number of guanidine groups is 1. The number of rotatable bonds is 7. The Bertz CT molecular complexity index is 925. The number of aromatic nitrogens is 2. The zero-order valence-corrected chi connectivity index (χ0v) is 18.1. The Balaban J connectivity index is 1.62. The summed E-state index contributed by atoms with van der Waals surface area (Å²) in [5, 5.41) is 3.31. The highest BCUT2D eigenvalue weighted by molar-refractivity contribution is 7.88. The molecular weight excluding hydrogens is 388 g/mol. The average molecular weight is 419 g/mol. The summed E-state index contributed by atoms with van der Waals surface area (Å²) in [5.74, 6) is 1.91. The van der Waals surface area contributed by atoms with Crippen molar-refractivity contribution in [3.63, 3.8) is 0 Å². The van der Waals surface area contributed by atoms with E-state index in [4.69, 9.17) is 4.99 Å². The second kappa shape index (κ2) is 9.41. The first-order valence-corrected chi connectivity index (χ1v) is 11.8. The van der Waals surface area contributed by atoms with Gasteiger partial charge in [0.15, 0.2) is 5.96 Å². The van der Waals surface area contributed by atoms with E-state index in [1.807, 2.05) is 55.4 Å². The Hall–Kier alpha value is -2.39. The van der Waals surface area contributed by atoms with Crippen molar-refractivity contribution >= 4 is 16.0 Å². The van der Waals surface area contributed by atoms with Gasteiger partial charge >= 0.3 is 0 Å². The van der Waals surface area contributed by atoms with Gasteiger partial charge in [-0.3, -0.25) is 4.99 Å². The van der Waals surface area contributed by atoms with Gasteiger partial charge in [0, 0.05) is 33.2 Å². The fourth-order valence-electron chi connectivity index (χ4n) is 3.44. The third-order valence-electron chi connectivity index (χ3n) is 5.01.